The Balaban J connectivity index is 1.47. The molecule has 5 rings (SSSR count). The highest BCUT2D eigenvalue weighted by atomic mass is 16.5. The number of rotatable bonds is 4. The zero-order valence-corrected chi connectivity index (χ0v) is 16.1. The van der Waals surface area contributed by atoms with E-state index in [1.807, 2.05) is 24.3 Å². The second-order valence-corrected chi connectivity index (χ2v) is 6.99. The van der Waals surface area contributed by atoms with Crippen LogP contribution in [0.25, 0.3) is 10.9 Å². The van der Waals surface area contributed by atoms with E-state index < -0.39 is 0 Å². The summed E-state index contributed by atoms with van der Waals surface area (Å²) in [6.45, 7) is 5.80. The van der Waals surface area contributed by atoms with E-state index in [4.69, 9.17) is 24.4 Å². The molecule has 2 aliphatic heterocycles. The lowest BCUT2D eigenvalue weighted by molar-refractivity contribution is 0.121. The normalized spacial score (nSPS) is 17.5. The van der Waals surface area contributed by atoms with Gasteiger partial charge in [-0.15, -0.1) is 0 Å². The number of aromatic nitrogens is 4. The Kier molecular flexibility index (Phi) is 5.06. The van der Waals surface area contributed by atoms with Crippen molar-refractivity contribution in [3.63, 3.8) is 0 Å². The second kappa shape index (κ2) is 8.14. The molecule has 3 aromatic rings. The van der Waals surface area contributed by atoms with Gasteiger partial charge in [-0.3, -0.25) is 4.98 Å². The summed E-state index contributed by atoms with van der Waals surface area (Å²) >= 11 is 0. The fourth-order valence-corrected chi connectivity index (χ4v) is 3.50. The molecule has 0 atom stereocenters. The lowest BCUT2D eigenvalue weighted by Gasteiger charge is -2.30. The van der Waals surface area contributed by atoms with E-state index in [9.17, 15) is 0 Å². The number of anilines is 4. The number of morpholine rings is 2. The summed E-state index contributed by atoms with van der Waals surface area (Å²) in [4.78, 5) is 22.8. The molecule has 2 fully saturated rings. The molecule has 9 heteroatoms. The summed E-state index contributed by atoms with van der Waals surface area (Å²) in [6.07, 6.45) is 1.80. The van der Waals surface area contributed by atoms with Gasteiger partial charge < -0.3 is 24.6 Å². The maximum atomic E-state index is 5.47. The van der Waals surface area contributed by atoms with Crippen LogP contribution >= 0.6 is 0 Å². The van der Waals surface area contributed by atoms with Gasteiger partial charge in [-0.2, -0.15) is 15.0 Å². The van der Waals surface area contributed by atoms with Crippen LogP contribution in [0.1, 0.15) is 0 Å². The standard InChI is InChI=1S/C20H23N7O2/c1-2-15-14-16(3-4-17(15)21-5-1)22-18-23-19(26-6-10-28-11-7-26)25-20(24-18)27-8-12-29-13-9-27/h1-5,14H,6-13H2,(H,22,23,24,25). The number of fused-ring (bicyclic) bond motifs is 1. The minimum Gasteiger partial charge on any atom is -0.378 e. The van der Waals surface area contributed by atoms with Gasteiger partial charge >= 0.3 is 0 Å². The minimum absolute atomic E-state index is 0.534. The van der Waals surface area contributed by atoms with Gasteiger partial charge in [0.05, 0.1) is 31.9 Å². The quantitative estimate of drug-likeness (QED) is 0.713. The number of ether oxygens (including phenoxy) is 2. The Hall–Kier alpha value is -3.04. The molecular weight excluding hydrogens is 370 g/mol. The highest BCUT2D eigenvalue weighted by Gasteiger charge is 2.20. The predicted octanol–water partition coefficient (Wildman–Crippen LogP) is 1.84. The third-order valence-corrected chi connectivity index (χ3v) is 5.06. The van der Waals surface area contributed by atoms with Gasteiger partial charge in [-0.25, -0.2) is 0 Å². The number of hydrogen-bond acceptors (Lipinski definition) is 9. The molecule has 2 aromatic heterocycles. The molecular formula is C20H23N7O2. The van der Waals surface area contributed by atoms with Crippen LogP contribution in [0.15, 0.2) is 36.5 Å². The average Bonchev–Trinajstić information content (AvgIpc) is 2.80. The van der Waals surface area contributed by atoms with Gasteiger partial charge in [-0.05, 0) is 24.3 Å². The number of pyridine rings is 1. The first-order valence-electron chi connectivity index (χ1n) is 9.88. The van der Waals surface area contributed by atoms with Crippen molar-refractivity contribution in [2.45, 2.75) is 0 Å². The SMILES string of the molecule is c1cnc2ccc(Nc3nc(N4CCOCC4)nc(N4CCOCC4)n3)cc2c1. The molecule has 29 heavy (non-hydrogen) atoms. The molecule has 0 amide bonds. The van der Waals surface area contributed by atoms with Crippen LogP contribution in [0.5, 0.6) is 0 Å². The van der Waals surface area contributed by atoms with Crippen molar-refractivity contribution in [2.75, 3.05) is 67.7 Å². The molecule has 2 aliphatic rings. The molecule has 0 radical (unpaired) electrons. The molecule has 1 aromatic carbocycles. The van der Waals surface area contributed by atoms with Crippen LogP contribution in [-0.4, -0.2) is 72.5 Å². The smallest absolute Gasteiger partial charge is 0.233 e. The van der Waals surface area contributed by atoms with Crippen molar-refractivity contribution in [1.82, 2.24) is 19.9 Å². The van der Waals surface area contributed by atoms with Gasteiger partial charge in [0.1, 0.15) is 0 Å². The molecule has 0 unspecified atom stereocenters. The van der Waals surface area contributed by atoms with Gasteiger partial charge in [0.2, 0.25) is 17.8 Å². The zero-order valence-electron chi connectivity index (χ0n) is 16.1. The molecule has 0 bridgehead atoms. The van der Waals surface area contributed by atoms with E-state index in [2.05, 4.69) is 26.2 Å². The second-order valence-electron chi connectivity index (χ2n) is 6.99. The van der Waals surface area contributed by atoms with E-state index in [0.29, 0.717) is 44.3 Å². The lowest BCUT2D eigenvalue weighted by Crippen LogP contribution is -2.40. The Morgan fingerprint density at radius 1 is 0.793 bits per heavy atom. The van der Waals surface area contributed by atoms with Crippen molar-refractivity contribution >= 4 is 34.4 Å². The third-order valence-electron chi connectivity index (χ3n) is 5.06. The number of hydrogen-bond donors (Lipinski definition) is 1. The molecule has 0 saturated carbocycles. The maximum absolute atomic E-state index is 5.47. The Morgan fingerprint density at radius 3 is 2.10 bits per heavy atom. The van der Waals surface area contributed by atoms with Crippen LogP contribution in [0, 0.1) is 0 Å². The first-order valence-corrected chi connectivity index (χ1v) is 9.88. The number of benzene rings is 1. The van der Waals surface area contributed by atoms with E-state index in [1.54, 1.807) is 6.20 Å². The first-order chi connectivity index (χ1) is 14.3. The summed E-state index contributed by atoms with van der Waals surface area (Å²) in [5, 5.41) is 4.41. The molecule has 0 aliphatic carbocycles. The number of nitrogens with one attached hydrogen (secondary N) is 1. The van der Waals surface area contributed by atoms with Crippen LogP contribution < -0.4 is 15.1 Å². The Morgan fingerprint density at radius 2 is 1.45 bits per heavy atom. The first kappa shape index (κ1) is 18.0. The highest BCUT2D eigenvalue weighted by molar-refractivity contribution is 5.82. The molecule has 2 saturated heterocycles. The molecule has 0 spiro atoms. The summed E-state index contributed by atoms with van der Waals surface area (Å²) < 4.78 is 10.9. The van der Waals surface area contributed by atoms with Crippen LogP contribution in [0.4, 0.5) is 23.5 Å². The molecule has 150 valence electrons. The third kappa shape index (κ3) is 4.06. The van der Waals surface area contributed by atoms with Crippen LogP contribution in [0.2, 0.25) is 0 Å². The fourth-order valence-electron chi connectivity index (χ4n) is 3.50. The van der Waals surface area contributed by atoms with Crippen molar-refractivity contribution in [3.05, 3.63) is 36.5 Å². The number of nitrogens with zero attached hydrogens (tertiary/aromatic N) is 6. The summed E-state index contributed by atoms with van der Waals surface area (Å²) in [5.74, 6) is 1.88. The Labute approximate surface area is 168 Å². The molecule has 4 heterocycles. The topological polar surface area (TPSA) is 88.5 Å². The minimum atomic E-state index is 0.534. The lowest BCUT2D eigenvalue weighted by atomic mass is 10.2. The maximum Gasteiger partial charge on any atom is 0.233 e. The van der Waals surface area contributed by atoms with E-state index in [0.717, 1.165) is 42.8 Å². The van der Waals surface area contributed by atoms with Gasteiger partial charge in [0, 0.05) is 43.4 Å². The molecule has 9 nitrogen and oxygen atoms in total. The van der Waals surface area contributed by atoms with Crippen LogP contribution in [0.3, 0.4) is 0 Å². The Bertz CT molecular complexity index is 951. The summed E-state index contributed by atoms with van der Waals surface area (Å²) in [6, 6.07) is 10.0. The van der Waals surface area contributed by atoms with Crippen LogP contribution in [-0.2, 0) is 9.47 Å². The largest absolute Gasteiger partial charge is 0.378 e. The van der Waals surface area contributed by atoms with Gasteiger partial charge in [0.15, 0.2) is 0 Å². The zero-order chi connectivity index (χ0) is 19.5. The monoisotopic (exact) mass is 393 g/mol. The van der Waals surface area contributed by atoms with Crippen molar-refractivity contribution in [3.8, 4) is 0 Å². The van der Waals surface area contributed by atoms with Crippen molar-refractivity contribution < 1.29 is 9.47 Å². The predicted molar refractivity (Wildman–Crippen MR) is 111 cm³/mol. The molecule has 1 N–H and O–H groups in total. The average molecular weight is 393 g/mol. The van der Waals surface area contributed by atoms with Crippen molar-refractivity contribution in [1.29, 1.82) is 0 Å². The van der Waals surface area contributed by atoms with E-state index in [-0.39, 0.29) is 0 Å². The fraction of sp³-hybridized carbons (Fsp3) is 0.400. The van der Waals surface area contributed by atoms with Gasteiger partial charge in [0.25, 0.3) is 0 Å². The highest BCUT2D eigenvalue weighted by Crippen LogP contribution is 2.23. The van der Waals surface area contributed by atoms with Crippen molar-refractivity contribution in [2.24, 2.45) is 0 Å². The van der Waals surface area contributed by atoms with Gasteiger partial charge in [-0.1, -0.05) is 6.07 Å². The van der Waals surface area contributed by atoms with E-state index >= 15 is 0 Å². The van der Waals surface area contributed by atoms with E-state index in [1.165, 1.54) is 0 Å². The summed E-state index contributed by atoms with van der Waals surface area (Å²) in [5.41, 5.74) is 1.87. The summed E-state index contributed by atoms with van der Waals surface area (Å²) in [7, 11) is 0.